The minimum absolute atomic E-state index is 0.0674. The third-order valence-electron chi connectivity index (χ3n) is 6.22. The maximum atomic E-state index is 14.2. The third-order valence-corrected chi connectivity index (χ3v) is 6.22. The number of carbonyl (C=O) groups is 2. The number of amides is 2. The number of nitrogens with one attached hydrogen (secondary N) is 1. The Morgan fingerprint density at radius 3 is 2.42 bits per heavy atom. The first-order valence-corrected chi connectivity index (χ1v) is 11.9. The number of hydrogen-bond acceptors (Lipinski definition) is 5. The van der Waals surface area contributed by atoms with Gasteiger partial charge >= 0.3 is 0 Å². The Hall–Kier alpha value is -4.33. The standard InChI is InChI=1S/C28H26FN3O4/c1-2-35-23-13-7-4-10-20(23)27(33)30-25-19-9-3-8-14-24(19)36-26(25)28(34)32-17-15-31(16-18-32)22-12-6-5-11-21(22)29/h3-14H,2,15-18H2,1H3,(H,30,33). The highest BCUT2D eigenvalue weighted by Crippen LogP contribution is 2.33. The van der Waals surface area contributed by atoms with Crippen LogP contribution < -0.4 is 15.0 Å². The Kier molecular flexibility index (Phi) is 6.58. The van der Waals surface area contributed by atoms with E-state index in [9.17, 15) is 14.0 Å². The Morgan fingerprint density at radius 2 is 1.64 bits per heavy atom. The van der Waals surface area contributed by atoms with Gasteiger partial charge in [-0.1, -0.05) is 36.4 Å². The number of ether oxygens (including phenoxy) is 1. The molecule has 0 bridgehead atoms. The molecule has 5 rings (SSSR count). The van der Waals surface area contributed by atoms with Crippen LogP contribution in [0.15, 0.2) is 77.2 Å². The van der Waals surface area contributed by atoms with Crippen molar-refractivity contribution >= 4 is 34.2 Å². The van der Waals surface area contributed by atoms with Crippen LogP contribution in [-0.2, 0) is 0 Å². The zero-order valence-corrected chi connectivity index (χ0v) is 19.9. The molecule has 2 heterocycles. The van der Waals surface area contributed by atoms with E-state index in [0.717, 1.165) is 0 Å². The van der Waals surface area contributed by atoms with Crippen molar-refractivity contribution in [2.75, 3.05) is 43.0 Å². The molecule has 4 aromatic rings. The fraction of sp³-hybridized carbons (Fsp3) is 0.214. The second kappa shape index (κ2) is 10.1. The summed E-state index contributed by atoms with van der Waals surface area (Å²) in [5, 5.41) is 3.52. The van der Waals surface area contributed by atoms with Crippen molar-refractivity contribution in [3.8, 4) is 5.75 Å². The first-order chi connectivity index (χ1) is 17.6. The van der Waals surface area contributed by atoms with Gasteiger partial charge in [-0.25, -0.2) is 4.39 Å². The molecule has 184 valence electrons. The van der Waals surface area contributed by atoms with Gasteiger partial charge in [-0.3, -0.25) is 9.59 Å². The summed E-state index contributed by atoms with van der Waals surface area (Å²) in [7, 11) is 0. The molecule has 1 fully saturated rings. The molecule has 1 saturated heterocycles. The van der Waals surface area contributed by atoms with Gasteiger partial charge in [-0.05, 0) is 43.3 Å². The molecule has 0 unspecified atom stereocenters. The average Bonchev–Trinajstić information content (AvgIpc) is 3.27. The molecule has 0 radical (unpaired) electrons. The average molecular weight is 488 g/mol. The predicted molar refractivity (Wildman–Crippen MR) is 136 cm³/mol. The first kappa shape index (κ1) is 23.4. The Labute approximate surface area is 208 Å². The number of benzene rings is 3. The molecule has 0 atom stereocenters. The van der Waals surface area contributed by atoms with Crippen molar-refractivity contribution in [1.82, 2.24) is 4.90 Å². The van der Waals surface area contributed by atoms with Gasteiger partial charge in [0, 0.05) is 31.6 Å². The molecule has 2 amide bonds. The molecule has 0 aliphatic carbocycles. The smallest absolute Gasteiger partial charge is 0.291 e. The first-order valence-electron chi connectivity index (χ1n) is 11.9. The molecule has 1 N–H and O–H groups in total. The Bertz CT molecular complexity index is 1410. The topological polar surface area (TPSA) is 75.0 Å². The summed E-state index contributed by atoms with van der Waals surface area (Å²) in [6.45, 7) is 4.02. The van der Waals surface area contributed by atoms with Gasteiger partial charge in [0.1, 0.15) is 22.8 Å². The molecule has 0 spiro atoms. The highest BCUT2D eigenvalue weighted by molar-refractivity contribution is 6.15. The number of fused-ring (bicyclic) bond motifs is 1. The fourth-order valence-corrected chi connectivity index (χ4v) is 4.44. The van der Waals surface area contributed by atoms with Crippen LogP contribution in [-0.4, -0.2) is 49.5 Å². The molecule has 0 saturated carbocycles. The number of piperazine rings is 1. The van der Waals surface area contributed by atoms with E-state index in [-0.39, 0.29) is 17.5 Å². The van der Waals surface area contributed by atoms with E-state index in [1.807, 2.05) is 24.0 Å². The van der Waals surface area contributed by atoms with Gasteiger partial charge < -0.3 is 24.3 Å². The van der Waals surface area contributed by atoms with Gasteiger partial charge in [-0.2, -0.15) is 0 Å². The van der Waals surface area contributed by atoms with E-state index < -0.39 is 5.91 Å². The van der Waals surface area contributed by atoms with Crippen LogP contribution in [0.2, 0.25) is 0 Å². The third kappa shape index (κ3) is 4.49. The van der Waals surface area contributed by atoms with Gasteiger partial charge in [0.2, 0.25) is 5.76 Å². The normalized spacial score (nSPS) is 13.6. The van der Waals surface area contributed by atoms with Gasteiger partial charge in [0.25, 0.3) is 11.8 Å². The molecule has 36 heavy (non-hydrogen) atoms. The molecular formula is C28H26FN3O4. The van der Waals surface area contributed by atoms with E-state index in [2.05, 4.69) is 5.32 Å². The number of furan rings is 1. The lowest BCUT2D eigenvalue weighted by Crippen LogP contribution is -2.49. The van der Waals surface area contributed by atoms with E-state index >= 15 is 0 Å². The van der Waals surface area contributed by atoms with E-state index in [1.165, 1.54) is 6.07 Å². The number of para-hydroxylation sites is 3. The van der Waals surface area contributed by atoms with Crippen LogP contribution in [0.5, 0.6) is 5.75 Å². The number of halogens is 1. The second-order valence-electron chi connectivity index (χ2n) is 8.42. The summed E-state index contributed by atoms with van der Waals surface area (Å²) in [6.07, 6.45) is 0. The lowest BCUT2D eigenvalue weighted by Gasteiger charge is -2.35. The molecule has 1 aliphatic heterocycles. The maximum Gasteiger partial charge on any atom is 0.291 e. The van der Waals surface area contributed by atoms with Crippen molar-refractivity contribution in [1.29, 1.82) is 0 Å². The van der Waals surface area contributed by atoms with Crippen molar-refractivity contribution in [3.63, 3.8) is 0 Å². The maximum absolute atomic E-state index is 14.2. The SMILES string of the molecule is CCOc1ccccc1C(=O)Nc1c(C(=O)N2CCN(c3ccccc3F)CC2)oc2ccccc12. The monoisotopic (exact) mass is 487 g/mol. The van der Waals surface area contributed by atoms with Crippen molar-refractivity contribution in [2.45, 2.75) is 6.92 Å². The Morgan fingerprint density at radius 1 is 0.944 bits per heavy atom. The molecule has 1 aromatic heterocycles. The molecular weight excluding hydrogens is 461 g/mol. The molecule has 3 aromatic carbocycles. The zero-order valence-electron chi connectivity index (χ0n) is 19.9. The summed E-state index contributed by atoms with van der Waals surface area (Å²) < 4.78 is 25.8. The summed E-state index contributed by atoms with van der Waals surface area (Å²) in [5.74, 6) is -0.482. The number of rotatable bonds is 6. The van der Waals surface area contributed by atoms with Crippen LogP contribution >= 0.6 is 0 Å². The second-order valence-corrected chi connectivity index (χ2v) is 8.42. The van der Waals surface area contributed by atoms with Crippen molar-refractivity contribution in [3.05, 3.63) is 89.9 Å². The van der Waals surface area contributed by atoms with Crippen LogP contribution in [0.4, 0.5) is 15.8 Å². The minimum Gasteiger partial charge on any atom is -0.493 e. The molecule has 1 aliphatic rings. The zero-order chi connectivity index (χ0) is 25.1. The van der Waals surface area contributed by atoms with Crippen LogP contribution in [0.1, 0.15) is 27.8 Å². The summed E-state index contributed by atoms with van der Waals surface area (Å²) in [4.78, 5) is 30.4. The summed E-state index contributed by atoms with van der Waals surface area (Å²) in [6, 6.07) is 20.8. The van der Waals surface area contributed by atoms with Crippen molar-refractivity contribution in [2.24, 2.45) is 0 Å². The highest BCUT2D eigenvalue weighted by Gasteiger charge is 2.30. The van der Waals surface area contributed by atoms with Crippen LogP contribution in [0, 0.1) is 5.82 Å². The van der Waals surface area contributed by atoms with Crippen molar-refractivity contribution < 1.29 is 23.1 Å². The lowest BCUT2D eigenvalue weighted by molar-refractivity contribution is 0.0718. The highest BCUT2D eigenvalue weighted by atomic mass is 19.1. The predicted octanol–water partition coefficient (Wildman–Crippen LogP) is 5.19. The number of hydrogen-bond donors (Lipinski definition) is 1. The van der Waals surface area contributed by atoms with Crippen LogP contribution in [0.3, 0.4) is 0 Å². The van der Waals surface area contributed by atoms with E-state index in [1.54, 1.807) is 59.5 Å². The van der Waals surface area contributed by atoms with Gasteiger partial charge in [0.15, 0.2) is 0 Å². The van der Waals surface area contributed by atoms with Crippen LogP contribution in [0.25, 0.3) is 11.0 Å². The van der Waals surface area contributed by atoms with Gasteiger partial charge in [0.05, 0.1) is 17.9 Å². The number of nitrogens with zero attached hydrogens (tertiary/aromatic N) is 2. The largest absolute Gasteiger partial charge is 0.493 e. The summed E-state index contributed by atoms with van der Waals surface area (Å²) in [5.41, 5.74) is 1.71. The quantitative estimate of drug-likeness (QED) is 0.405. The number of anilines is 2. The lowest BCUT2D eigenvalue weighted by atomic mass is 10.1. The van der Waals surface area contributed by atoms with E-state index in [4.69, 9.17) is 9.15 Å². The Balaban J connectivity index is 1.40. The summed E-state index contributed by atoms with van der Waals surface area (Å²) >= 11 is 0. The molecule has 7 nitrogen and oxygen atoms in total. The minimum atomic E-state index is -0.399. The van der Waals surface area contributed by atoms with E-state index in [0.29, 0.717) is 66.4 Å². The fourth-order valence-electron chi connectivity index (χ4n) is 4.44. The molecule has 8 heteroatoms. The number of carbonyl (C=O) groups excluding carboxylic acids is 2. The van der Waals surface area contributed by atoms with Gasteiger partial charge in [-0.15, -0.1) is 0 Å².